The average molecular weight is 288 g/mol. The van der Waals surface area contributed by atoms with Gasteiger partial charge in [0.1, 0.15) is 0 Å². The Bertz CT molecular complexity index is 481. The van der Waals surface area contributed by atoms with Crippen LogP contribution in [0.1, 0.15) is 38.1 Å². The number of rotatable bonds is 5. The van der Waals surface area contributed by atoms with E-state index < -0.39 is 0 Å². The predicted octanol–water partition coefficient (Wildman–Crippen LogP) is 1.86. The molecule has 0 amide bonds. The second kappa shape index (κ2) is 6.03. The van der Waals surface area contributed by atoms with Gasteiger partial charge in [-0.25, -0.2) is 0 Å². The molecule has 1 saturated heterocycles. The fourth-order valence-electron chi connectivity index (χ4n) is 2.96. The van der Waals surface area contributed by atoms with Crippen molar-refractivity contribution in [2.45, 2.75) is 51.4 Å². The topological polar surface area (TPSA) is 31.4 Å². The molecule has 0 atom stereocenters. The van der Waals surface area contributed by atoms with Crippen LogP contribution in [0.2, 0.25) is 0 Å². The number of nitrogens with one attached hydrogen (secondary N) is 1. The monoisotopic (exact) mass is 288 g/mol. The Balaban J connectivity index is 1.57. The molecule has 1 aliphatic carbocycles. The van der Waals surface area contributed by atoms with Gasteiger partial charge in [-0.3, -0.25) is 14.8 Å². The number of nitrogens with zero attached hydrogens (tertiary/aromatic N) is 3. The summed E-state index contributed by atoms with van der Waals surface area (Å²) in [6, 6.07) is 7.18. The molecule has 4 heteroatoms. The first-order valence-corrected chi connectivity index (χ1v) is 8.15. The molecular weight excluding hydrogens is 260 g/mol. The quantitative estimate of drug-likeness (QED) is 0.896. The highest BCUT2D eigenvalue weighted by Crippen LogP contribution is 2.21. The third kappa shape index (κ3) is 4.02. The van der Waals surface area contributed by atoms with Gasteiger partial charge < -0.3 is 5.32 Å². The fraction of sp³-hybridized carbons (Fsp3) is 0.706. The minimum absolute atomic E-state index is 0.253. The number of likely N-dealkylation sites (N-methyl/N-ethyl adjacent to an activating group) is 1. The van der Waals surface area contributed by atoms with Crippen LogP contribution in [0.3, 0.4) is 0 Å². The molecule has 1 aromatic heterocycles. The van der Waals surface area contributed by atoms with Crippen LogP contribution in [0.5, 0.6) is 0 Å². The van der Waals surface area contributed by atoms with Gasteiger partial charge in [0.25, 0.3) is 0 Å². The van der Waals surface area contributed by atoms with Crippen LogP contribution in [-0.2, 0) is 13.1 Å². The van der Waals surface area contributed by atoms with Gasteiger partial charge in [-0.1, -0.05) is 6.07 Å². The summed E-state index contributed by atoms with van der Waals surface area (Å²) >= 11 is 0. The zero-order chi connectivity index (χ0) is 14.9. The summed E-state index contributed by atoms with van der Waals surface area (Å²) in [6.45, 7) is 9.89. The van der Waals surface area contributed by atoms with E-state index in [0.29, 0.717) is 0 Å². The van der Waals surface area contributed by atoms with Gasteiger partial charge >= 0.3 is 0 Å². The van der Waals surface area contributed by atoms with E-state index in [1.54, 1.807) is 0 Å². The van der Waals surface area contributed by atoms with Crippen LogP contribution in [0.15, 0.2) is 18.2 Å². The molecule has 0 aromatic carbocycles. The number of hydrogen-bond acceptors (Lipinski definition) is 4. The Morgan fingerprint density at radius 3 is 2.71 bits per heavy atom. The van der Waals surface area contributed by atoms with E-state index >= 15 is 0 Å². The Labute approximate surface area is 128 Å². The van der Waals surface area contributed by atoms with Crippen molar-refractivity contribution in [1.82, 2.24) is 20.1 Å². The Kier molecular flexibility index (Phi) is 4.29. The highest BCUT2D eigenvalue weighted by molar-refractivity contribution is 5.12. The summed E-state index contributed by atoms with van der Waals surface area (Å²) in [7, 11) is 2.22. The molecule has 1 aromatic rings. The lowest BCUT2D eigenvalue weighted by atomic mass is 9.99. The molecule has 1 saturated carbocycles. The van der Waals surface area contributed by atoms with Crippen molar-refractivity contribution < 1.29 is 0 Å². The number of pyridine rings is 1. The lowest BCUT2D eigenvalue weighted by molar-refractivity contribution is 0.0354. The van der Waals surface area contributed by atoms with Crippen molar-refractivity contribution in [3.8, 4) is 0 Å². The third-order valence-corrected chi connectivity index (χ3v) is 4.79. The number of aromatic nitrogens is 1. The zero-order valence-electron chi connectivity index (χ0n) is 13.6. The fourth-order valence-corrected chi connectivity index (χ4v) is 2.96. The molecule has 21 heavy (non-hydrogen) atoms. The molecule has 2 heterocycles. The van der Waals surface area contributed by atoms with Crippen molar-refractivity contribution in [2.24, 2.45) is 0 Å². The molecular formula is C17H28N4. The van der Waals surface area contributed by atoms with Gasteiger partial charge in [-0.2, -0.15) is 0 Å². The molecule has 1 N–H and O–H groups in total. The first kappa shape index (κ1) is 14.9. The molecule has 0 radical (unpaired) electrons. The lowest BCUT2D eigenvalue weighted by Crippen LogP contribution is -2.57. The maximum Gasteiger partial charge on any atom is 0.0547 e. The van der Waals surface area contributed by atoms with E-state index in [1.807, 2.05) is 0 Å². The largest absolute Gasteiger partial charge is 0.308 e. The SMILES string of the molecule is CN1CCN(Cc2cccc(CNC3CC3)n2)CC1(C)C. The highest BCUT2D eigenvalue weighted by atomic mass is 15.3. The molecule has 0 unspecified atom stereocenters. The van der Waals surface area contributed by atoms with Crippen LogP contribution < -0.4 is 5.32 Å². The molecule has 4 nitrogen and oxygen atoms in total. The molecule has 116 valence electrons. The highest BCUT2D eigenvalue weighted by Gasteiger charge is 2.30. The second-order valence-electron chi connectivity index (χ2n) is 7.22. The van der Waals surface area contributed by atoms with Gasteiger partial charge in [0, 0.05) is 44.3 Å². The summed E-state index contributed by atoms with van der Waals surface area (Å²) in [6.07, 6.45) is 2.66. The molecule has 2 aliphatic rings. The summed E-state index contributed by atoms with van der Waals surface area (Å²) in [4.78, 5) is 9.80. The molecule has 0 bridgehead atoms. The van der Waals surface area contributed by atoms with E-state index in [1.165, 1.54) is 24.2 Å². The lowest BCUT2D eigenvalue weighted by Gasteiger charge is -2.45. The first-order chi connectivity index (χ1) is 10.0. The Morgan fingerprint density at radius 1 is 1.24 bits per heavy atom. The van der Waals surface area contributed by atoms with Crippen LogP contribution in [0.4, 0.5) is 0 Å². The predicted molar refractivity (Wildman–Crippen MR) is 86.1 cm³/mol. The van der Waals surface area contributed by atoms with E-state index in [2.05, 4.69) is 54.2 Å². The molecule has 0 spiro atoms. The Hall–Kier alpha value is -0.970. The van der Waals surface area contributed by atoms with Gasteiger partial charge in [0.05, 0.1) is 11.4 Å². The van der Waals surface area contributed by atoms with Gasteiger partial charge in [0.15, 0.2) is 0 Å². The van der Waals surface area contributed by atoms with E-state index in [0.717, 1.165) is 38.8 Å². The minimum Gasteiger partial charge on any atom is -0.308 e. The van der Waals surface area contributed by atoms with Crippen molar-refractivity contribution >= 4 is 0 Å². The van der Waals surface area contributed by atoms with E-state index in [-0.39, 0.29) is 5.54 Å². The standard InChI is InChI=1S/C17H28N4/c1-17(2)13-21(10-9-20(17)3)12-16-6-4-5-15(19-16)11-18-14-7-8-14/h4-6,14,18H,7-13H2,1-3H3. The average Bonchev–Trinajstić information content (AvgIpc) is 3.25. The van der Waals surface area contributed by atoms with Crippen LogP contribution in [-0.4, -0.2) is 53.0 Å². The van der Waals surface area contributed by atoms with Crippen molar-refractivity contribution in [3.05, 3.63) is 29.6 Å². The maximum absolute atomic E-state index is 4.82. The third-order valence-electron chi connectivity index (χ3n) is 4.79. The molecule has 2 fully saturated rings. The summed E-state index contributed by atoms with van der Waals surface area (Å²) in [5.74, 6) is 0. The van der Waals surface area contributed by atoms with Crippen molar-refractivity contribution in [1.29, 1.82) is 0 Å². The van der Waals surface area contributed by atoms with E-state index in [9.17, 15) is 0 Å². The summed E-state index contributed by atoms with van der Waals surface area (Å²) < 4.78 is 0. The first-order valence-electron chi connectivity index (χ1n) is 8.15. The van der Waals surface area contributed by atoms with Crippen molar-refractivity contribution in [2.75, 3.05) is 26.7 Å². The van der Waals surface area contributed by atoms with Crippen molar-refractivity contribution in [3.63, 3.8) is 0 Å². The van der Waals surface area contributed by atoms with Gasteiger partial charge in [-0.15, -0.1) is 0 Å². The Morgan fingerprint density at radius 2 is 2.00 bits per heavy atom. The molecule has 1 aliphatic heterocycles. The van der Waals surface area contributed by atoms with Crippen LogP contribution in [0.25, 0.3) is 0 Å². The summed E-state index contributed by atoms with van der Waals surface area (Å²) in [5.41, 5.74) is 2.63. The number of hydrogen-bond donors (Lipinski definition) is 1. The van der Waals surface area contributed by atoms with E-state index in [4.69, 9.17) is 4.98 Å². The zero-order valence-corrected chi connectivity index (χ0v) is 13.6. The van der Waals surface area contributed by atoms with Crippen LogP contribution in [0, 0.1) is 0 Å². The summed E-state index contributed by atoms with van der Waals surface area (Å²) in [5, 5.41) is 3.54. The maximum atomic E-state index is 4.82. The normalized spacial score (nSPS) is 23.4. The molecule has 3 rings (SSSR count). The second-order valence-corrected chi connectivity index (χ2v) is 7.22. The van der Waals surface area contributed by atoms with Crippen LogP contribution >= 0.6 is 0 Å². The number of piperazine rings is 1. The minimum atomic E-state index is 0.253. The smallest absolute Gasteiger partial charge is 0.0547 e. The van der Waals surface area contributed by atoms with Gasteiger partial charge in [-0.05, 0) is 45.9 Å². The van der Waals surface area contributed by atoms with Gasteiger partial charge in [0.2, 0.25) is 0 Å².